The number of carbonyl (C=O) groups is 1. The molecule has 0 saturated heterocycles. The average molecular weight is 519 g/mol. The lowest BCUT2D eigenvalue weighted by Crippen LogP contribution is -2.34. The predicted octanol–water partition coefficient (Wildman–Crippen LogP) is 8.47. The van der Waals surface area contributed by atoms with Gasteiger partial charge in [0, 0.05) is 34.7 Å². The highest BCUT2D eigenvalue weighted by Gasteiger charge is 2.55. The highest BCUT2D eigenvalue weighted by Crippen LogP contribution is 2.59. The number of fused-ring (bicyclic) bond motifs is 6. The van der Waals surface area contributed by atoms with Crippen LogP contribution in [0.5, 0.6) is 11.5 Å². The summed E-state index contributed by atoms with van der Waals surface area (Å²) < 4.78 is 13.1. The van der Waals surface area contributed by atoms with E-state index in [-0.39, 0.29) is 5.97 Å². The normalized spacial score (nSPS) is 16.6. The lowest BCUT2D eigenvalue weighted by molar-refractivity contribution is 0.0226. The van der Waals surface area contributed by atoms with E-state index in [0.717, 1.165) is 65.1 Å². The third-order valence-electron chi connectivity index (χ3n) is 7.76. The van der Waals surface area contributed by atoms with Crippen molar-refractivity contribution >= 4 is 23.0 Å². The molecule has 0 radical (unpaired) electrons. The number of aryl methyl sites for hydroxylation is 2. The maximum atomic E-state index is 13.5. The van der Waals surface area contributed by atoms with Crippen LogP contribution in [0.3, 0.4) is 0 Å². The summed E-state index contributed by atoms with van der Waals surface area (Å²) >= 11 is 0. The SMILES string of the molecule is CCCCCc1ccc2c(c1NCC)C1(OC(=O)c3ccccc31)c1cc(Nc3ccccc3)c(C)cc1O2. The molecule has 0 amide bonds. The maximum Gasteiger partial charge on any atom is 0.340 e. The average Bonchev–Trinajstić information content (AvgIpc) is 3.24. The molecule has 198 valence electrons. The first-order valence-corrected chi connectivity index (χ1v) is 13.9. The Labute approximate surface area is 230 Å². The van der Waals surface area contributed by atoms with Crippen molar-refractivity contribution in [2.75, 3.05) is 17.2 Å². The molecule has 1 unspecified atom stereocenters. The zero-order valence-electron chi connectivity index (χ0n) is 22.8. The number of anilines is 3. The lowest BCUT2D eigenvalue weighted by atomic mass is 9.75. The monoisotopic (exact) mass is 518 g/mol. The smallest absolute Gasteiger partial charge is 0.340 e. The molecule has 0 fully saturated rings. The van der Waals surface area contributed by atoms with Crippen LogP contribution in [0.2, 0.25) is 0 Å². The second kappa shape index (κ2) is 10.1. The molecule has 0 aliphatic carbocycles. The number of nitrogens with one attached hydrogen (secondary N) is 2. The number of esters is 1. The van der Waals surface area contributed by atoms with E-state index >= 15 is 0 Å². The molecule has 1 spiro atoms. The summed E-state index contributed by atoms with van der Waals surface area (Å²) in [5.41, 5.74) is 7.18. The van der Waals surface area contributed by atoms with Crippen molar-refractivity contribution in [1.82, 2.24) is 0 Å². The Morgan fingerprint density at radius 2 is 1.64 bits per heavy atom. The Morgan fingerprint density at radius 1 is 0.846 bits per heavy atom. The summed E-state index contributed by atoms with van der Waals surface area (Å²) in [5.74, 6) is 1.09. The van der Waals surface area contributed by atoms with Crippen LogP contribution in [0.25, 0.3) is 0 Å². The van der Waals surface area contributed by atoms with Gasteiger partial charge in [0.25, 0.3) is 0 Å². The Balaban J connectivity index is 1.61. The molecule has 2 N–H and O–H groups in total. The minimum Gasteiger partial charge on any atom is -0.456 e. The summed E-state index contributed by atoms with van der Waals surface area (Å²) in [5, 5.41) is 7.20. The highest BCUT2D eigenvalue weighted by molar-refractivity contribution is 5.98. The first kappa shape index (κ1) is 25.1. The van der Waals surface area contributed by atoms with Gasteiger partial charge in [-0.05, 0) is 74.2 Å². The molecule has 6 rings (SSSR count). The summed E-state index contributed by atoms with van der Waals surface area (Å²) in [6.45, 7) is 7.12. The van der Waals surface area contributed by atoms with Crippen LogP contribution in [0.1, 0.15) is 71.3 Å². The van der Waals surface area contributed by atoms with E-state index in [9.17, 15) is 4.79 Å². The molecule has 0 saturated carbocycles. The fraction of sp³-hybridized carbons (Fsp3) is 0.265. The molecule has 2 aliphatic heterocycles. The summed E-state index contributed by atoms with van der Waals surface area (Å²) in [4.78, 5) is 13.5. The van der Waals surface area contributed by atoms with Crippen molar-refractivity contribution in [2.45, 2.75) is 52.1 Å². The number of benzene rings is 4. The first-order valence-electron chi connectivity index (χ1n) is 13.9. The van der Waals surface area contributed by atoms with Crippen molar-refractivity contribution in [1.29, 1.82) is 0 Å². The van der Waals surface area contributed by atoms with Gasteiger partial charge in [0.05, 0.1) is 11.1 Å². The zero-order chi connectivity index (χ0) is 27.0. The molecule has 0 aromatic heterocycles. The van der Waals surface area contributed by atoms with Gasteiger partial charge in [0.15, 0.2) is 5.60 Å². The topological polar surface area (TPSA) is 59.6 Å². The lowest BCUT2D eigenvalue weighted by Gasteiger charge is -2.39. The molecular weight excluding hydrogens is 484 g/mol. The Bertz CT molecular complexity index is 1550. The van der Waals surface area contributed by atoms with Crippen molar-refractivity contribution in [3.8, 4) is 11.5 Å². The largest absolute Gasteiger partial charge is 0.456 e. The number of rotatable bonds is 8. The number of carbonyl (C=O) groups excluding carboxylic acids is 1. The molecule has 4 aromatic carbocycles. The quantitative estimate of drug-likeness (QED) is 0.181. The first-order chi connectivity index (χ1) is 19.1. The number of ether oxygens (including phenoxy) is 2. The minimum atomic E-state index is -1.13. The summed E-state index contributed by atoms with van der Waals surface area (Å²) in [7, 11) is 0. The highest BCUT2D eigenvalue weighted by atomic mass is 16.6. The van der Waals surface area contributed by atoms with Gasteiger partial charge in [-0.15, -0.1) is 0 Å². The zero-order valence-corrected chi connectivity index (χ0v) is 22.8. The Morgan fingerprint density at radius 3 is 2.44 bits per heavy atom. The Kier molecular flexibility index (Phi) is 6.51. The molecule has 2 heterocycles. The van der Waals surface area contributed by atoms with Crippen molar-refractivity contribution in [3.05, 3.63) is 112 Å². The minimum absolute atomic E-state index is 0.318. The van der Waals surface area contributed by atoms with E-state index < -0.39 is 5.60 Å². The van der Waals surface area contributed by atoms with E-state index in [1.807, 2.05) is 66.7 Å². The fourth-order valence-corrected chi connectivity index (χ4v) is 5.92. The fourth-order valence-electron chi connectivity index (χ4n) is 5.92. The van der Waals surface area contributed by atoms with Gasteiger partial charge in [-0.25, -0.2) is 4.79 Å². The number of para-hydroxylation sites is 1. The molecule has 0 bridgehead atoms. The van der Waals surface area contributed by atoms with Gasteiger partial charge in [-0.1, -0.05) is 62.2 Å². The van der Waals surface area contributed by atoms with Crippen LogP contribution in [-0.4, -0.2) is 12.5 Å². The van der Waals surface area contributed by atoms with Crippen molar-refractivity contribution in [3.63, 3.8) is 0 Å². The molecule has 5 heteroatoms. The van der Waals surface area contributed by atoms with Gasteiger partial charge in [0.1, 0.15) is 11.5 Å². The van der Waals surface area contributed by atoms with E-state index in [1.165, 1.54) is 12.0 Å². The van der Waals surface area contributed by atoms with E-state index in [1.54, 1.807) is 0 Å². The standard InChI is InChI=1S/C34H34N2O3/c1-4-6-8-13-23-18-19-29-31(32(23)35-5-2)34(26-17-12-11-16-25(26)33(37)39-34)27-21-28(22(3)20-30(27)38-29)36-24-14-9-7-10-15-24/h7,9-12,14-21,35-36H,4-6,8,13H2,1-3H3. The van der Waals surface area contributed by atoms with Crippen LogP contribution in [0.15, 0.2) is 78.9 Å². The van der Waals surface area contributed by atoms with Crippen LogP contribution < -0.4 is 15.4 Å². The second-order valence-corrected chi connectivity index (χ2v) is 10.3. The van der Waals surface area contributed by atoms with Gasteiger partial charge in [0.2, 0.25) is 0 Å². The molecule has 4 aromatic rings. The van der Waals surface area contributed by atoms with Gasteiger partial charge < -0.3 is 20.1 Å². The second-order valence-electron chi connectivity index (χ2n) is 10.3. The molecule has 1 atom stereocenters. The van der Waals surface area contributed by atoms with E-state index in [0.29, 0.717) is 17.1 Å². The molecular formula is C34H34N2O3. The molecule has 39 heavy (non-hydrogen) atoms. The third-order valence-corrected chi connectivity index (χ3v) is 7.76. The van der Waals surface area contributed by atoms with Crippen LogP contribution in [0.4, 0.5) is 17.1 Å². The third kappa shape index (κ3) is 4.13. The number of hydrogen-bond donors (Lipinski definition) is 2. The number of hydrogen-bond acceptors (Lipinski definition) is 5. The van der Waals surface area contributed by atoms with Crippen molar-refractivity contribution in [2.24, 2.45) is 0 Å². The predicted molar refractivity (Wildman–Crippen MR) is 157 cm³/mol. The van der Waals surface area contributed by atoms with Gasteiger partial charge >= 0.3 is 5.97 Å². The molecule has 5 nitrogen and oxygen atoms in total. The van der Waals surface area contributed by atoms with E-state index in [2.05, 4.69) is 43.5 Å². The van der Waals surface area contributed by atoms with Crippen LogP contribution >= 0.6 is 0 Å². The van der Waals surface area contributed by atoms with Gasteiger partial charge in [-0.2, -0.15) is 0 Å². The molecule has 2 aliphatic rings. The maximum absolute atomic E-state index is 13.5. The van der Waals surface area contributed by atoms with Gasteiger partial charge in [-0.3, -0.25) is 0 Å². The van der Waals surface area contributed by atoms with Crippen LogP contribution in [0, 0.1) is 6.92 Å². The summed E-state index contributed by atoms with van der Waals surface area (Å²) in [6, 6.07) is 26.2. The Hall–Kier alpha value is -4.25. The van der Waals surface area contributed by atoms with E-state index in [4.69, 9.17) is 9.47 Å². The number of unbranched alkanes of at least 4 members (excludes halogenated alkanes) is 2. The van der Waals surface area contributed by atoms with Crippen molar-refractivity contribution < 1.29 is 14.3 Å². The van der Waals surface area contributed by atoms with Crippen LogP contribution in [-0.2, 0) is 16.8 Å². The summed E-state index contributed by atoms with van der Waals surface area (Å²) in [6.07, 6.45) is 4.36.